The van der Waals surface area contributed by atoms with Crippen LogP contribution in [0.3, 0.4) is 0 Å². The lowest BCUT2D eigenvalue weighted by Gasteiger charge is -2.29. The van der Waals surface area contributed by atoms with Crippen molar-refractivity contribution < 1.29 is 28.6 Å². The lowest BCUT2D eigenvalue weighted by molar-refractivity contribution is -0.182. The Hall–Kier alpha value is -2.37. The van der Waals surface area contributed by atoms with Crippen LogP contribution in [0.2, 0.25) is 0 Å². The van der Waals surface area contributed by atoms with Crippen molar-refractivity contribution in [3.63, 3.8) is 0 Å². The van der Waals surface area contributed by atoms with E-state index in [9.17, 15) is 14.4 Å². The highest BCUT2D eigenvalue weighted by Crippen LogP contribution is 2.27. The van der Waals surface area contributed by atoms with Crippen LogP contribution in [0.15, 0.2) is 30.3 Å². The molecule has 1 rings (SSSR count). The summed E-state index contributed by atoms with van der Waals surface area (Å²) in [7, 11) is 0. The Morgan fingerprint density at radius 3 is 1.72 bits per heavy atom. The zero-order valence-corrected chi connectivity index (χ0v) is 18.6. The van der Waals surface area contributed by atoms with Crippen LogP contribution in [-0.4, -0.2) is 35.7 Å². The molecule has 0 bridgehead atoms. The van der Waals surface area contributed by atoms with E-state index in [2.05, 4.69) is 0 Å². The molecule has 0 aliphatic rings. The van der Waals surface area contributed by atoms with Crippen LogP contribution in [0, 0.1) is 11.8 Å². The van der Waals surface area contributed by atoms with Gasteiger partial charge >= 0.3 is 17.9 Å². The molecule has 162 valence electrons. The van der Waals surface area contributed by atoms with E-state index in [0.717, 1.165) is 5.56 Å². The highest BCUT2D eigenvalue weighted by molar-refractivity contribution is 5.99. The molecule has 0 aliphatic heterocycles. The Balaban J connectivity index is 3.22. The summed E-state index contributed by atoms with van der Waals surface area (Å²) in [6.07, 6.45) is 0.762. The molecule has 0 radical (unpaired) electrons. The minimum atomic E-state index is -1.39. The number of hydrogen-bond donors (Lipinski definition) is 0. The first-order valence-corrected chi connectivity index (χ1v) is 10.0. The molecule has 1 aromatic carbocycles. The molecule has 0 saturated carbocycles. The first-order chi connectivity index (χ1) is 13.3. The van der Waals surface area contributed by atoms with Gasteiger partial charge in [-0.05, 0) is 66.9 Å². The Morgan fingerprint density at radius 1 is 0.828 bits per heavy atom. The number of benzene rings is 1. The summed E-state index contributed by atoms with van der Waals surface area (Å²) < 4.78 is 16.1. The van der Waals surface area contributed by atoms with Crippen molar-refractivity contribution in [1.82, 2.24) is 0 Å². The fourth-order valence-corrected chi connectivity index (χ4v) is 2.79. The molecule has 0 unspecified atom stereocenters. The second-order valence-corrected chi connectivity index (χ2v) is 8.93. The van der Waals surface area contributed by atoms with Crippen molar-refractivity contribution in [2.75, 3.05) is 6.61 Å². The summed E-state index contributed by atoms with van der Waals surface area (Å²) >= 11 is 0. The Bertz CT molecular complexity index is 654. The van der Waals surface area contributed by atoms with E-state index in [1.54, 1.807) is 48.5 Å². The molecule has 6 nitrogen and oxygen atoms in total. The number of carbonyl (C=O) groups is 3. The average Bonchev–Trinajstić information content (AvgIpc) is 2.56. The highest BCUT2D eigenvalue weighted by atomic mass is 16.6. The third-order valence-electron chi connectivity index (χ3n) is 3.90. The smallest absolute Gasteiger partial charge is 0.321 e. The topological polar surface area (TPSA) is 78.9 Å². The van der Waals surface area contributed by atoms with Gasteiger partial charge in [-0.2, -0.15) is 0 Å². The molecule has 6 heteroatoms. The molecular weight excluding hydrogens is 372 g/mol. The van der Waals surface area contributed by atoms with Crippen molar-refractivity contribution in [3.8, 4) is 0 Å². The van der Waals surface area contributed by atoms with Gasteiger partial charge in [0.25, 0.3) is 0 Å². The maximum Gasteiger partial charge on any atom is 0.321 e. The fraction of sp³-hybridized carbons (Fsp3) is 0.609. The van der Waals surface area contributed by atoms with Crippen molar-refractivity contribution in [3.05, 3.63) is 35.9 Å². The van der Waals surface area contributed by atoms with Gasteiger partial charge in [-0.3, -0.25) is 14.4 Å². The zero-order valence-electron chi connectivity index (χ0n) is 18.6. The Morgan fingerprint density at radius 2 is 1.31 bits per heavy atom. The van der Waals surface area contributed by atoms with E-state index < -0.39 is 40.9 Å². The first-order valence-electron chi connectivity index (χ1n) is 10.0. The summed E-state index contributed by atoms with van der Waals surface area (Å²) in [6, 6.07) is 9.55. The number of aryl methyl sites for hydroxylation is 1. The summed E-state index contributed by atoms with van der Waals surface area (Å²) in [5, 5.41) is 0. The third-order valence-corrected chi connectivity index (χ3v) is 3.90. The van der Waals surface area contributed by atoms with Crippen LogP contribution >= 0.6 is 0 Å². The minimum absolute atomic E-state index is 0.149. The molecule has 0 heterocycles. The molecule has 0 N–H and O–H groups in total. The van der Waals surface area contributed by atoms with Gasteiger partial charge in [-0.15, -0.1) is 0 Å². The number of ether oxygens (including phenoxy) is 3. The van der Waals surface area contributed by atoms with Crippen molar-refractivity contribution in [2.45, 2.75) is 72.5 Å². The van der Waals surface area contributed by atoms with E-state index in [-0.39, 0.29) is 13.0 Å². The molecule has 0 aromatic heterocycles. The lowest BCUT2D eigenvalue weighted by atomic mass is 9.86. The second-order valence-electron chi connectivity index (χ2n) is 8.93. The quantitative estimate of drug-likeness (QED) is 0.367. The van der Waals surface area contributed by atoms with Crippen molar-refractivity contribution >= 4 is 17.9 Å². The number of rotatable bonds is 8. The Kier molecular flexibility index (Phi) is 8.86. The molecule has 0 amide bonds. The first kappa shape index (κ1) is 24.7. The van der Waals surface area contributed by atoms with E-state index in [1.807, 2.05) is 30.3 Å². The monoisotopic (exact) mass is 406 g/mol. The highest BCUT2D eigenvalue weighted by Gasteiger charge is 2.44. The van der Waals surface area contributed by atoms with E-state index in [4.69, 9.17) is 14.2 Å². The Labute approximate surface area is 173 Å². The number of esters is 3. The van der Waals surface area contributed by atoms with Crippen LogP contribution in [-0.2, 0) is 35.0 Å². The fourth-order valence-electron chi connectivity index (χ4n) is 2.79. The molecule has 0 spiro atoms. The predicted octanol–water partition coefficient (Wildman–Crippen LogP) is 4.10. The van der Waals surface area contributed by atoms with E-state index in [1.165, 1.54) is 0 Å². The van der Waals surface area contributed by atoms with Crippen LogP contribution in [0.25, 0.3) is 0 Å². The summed E-state index contributed by atoms with van der Waals surface area (Å²) in [6.45, 7) is 12.1. The van der Waals surface area contributed by atoms with Crippen molar-refractivity contribution in [1.29, 1.82) is 0 Å². The molecule has 0 saturated heterocycles. The largest absolute Gasteiger partial charge is 0.466 e. The number of carbonyl (C=O) groups excluding carboxylic acids is 3. The molecule has 1 aromatic rings. The van der Waals surface area contributed by atoms with Gasteiger partial charge in [0.2, 0.25) is 0 Å². The van der Waals surface area contributed by atoms with Gasteiger partial charge in [-0.1, -0.05) is 30.3 Å². The average molecular weight is 407 g/mol. The van der Waals surface area contributed by atoms with Crippen LogP contribution in [0.1, 0.15) is 60.5 Å². The van der Waals surface area contributed by atoms with Gasteiger partial charge < -0.3 is 14.2 Å². The second kappa shape index (κ2) is 10.4. The molecule has 1 atom stereocenters. The molecular formula is C23H34O6. The normalized spacial score (nSPS) is 13.0. The summed E-state index contributed by atoms with van der Waals surface area (Å²) in [4.78, 5) is 38.5. The van der Waals surface area contributed by atoms with E-state index in [0.29, 0.717) is 6.42 Å². The van der Waals surface area contributed by atoms with Gasteiger partial charge in [0.15, 0.2) is 5.92 Å². The van der Waals surface area contributed by atoms with E-state index >= 15 is 0 Å². The van der Waals surface area contributed by atoms with Crippen LogP contribution in [0.5, 0.6) is 0 Å². The summed E-state index contributed by atoms with van der Waals surface area (Å²) in [5.74, 6) is -4.56. The standard InChI is InChI=1S/C23H34O6/c1-8-27-19(24)17(15-14-16-12-10-9-11-13-16)18(20(25)28-22(2,3)4)21(26)29-23(5,6)7/h9-13,17-18H,8,14-15H2,1-7H3/t17-/m1/s1. The molecule has 0 aliphatic carbocycles. The SMILES string of the molecule is CCOC(=O)[C@H](CCc1ccccc1)C(C(=O)OC(C)(C)C)C(=O)OC(C)(C)C. The minimum Gasteiger partial charge on any atom is -0.466 e. The van der Waals surface area contributed by atoms with Gasteiger partial charge in [-0.25, -0.2) is 0 Å². The third kappa shape index (κ3) is 9.11. The van der Waals surface area contributed by atoms with Gasteiger partial charge in [0.05, 0.1) is 12.5 Å². The van der Waals surface area contributed by atoms with Crippen LogP contribution in [0.4, 0.5) is 0 Å². The maximum absolute atomic E-state index is 12.9. The van der Waals surface area contributed by atoms with Crippen molar-refractivity contribution in [2.24, 2.45) is 11.8 Å². The number of hydrogen-bond acceptors (Lipinski definition) is 6. The zero-order chi connectivity index (χ0) is 22.2. The van der Waals surface area contributed by atoms with Gasteiger partial charge in [0.1, 0.15) is 11.2 Å². The lowest BCUT2D eigenvalue weighted by Crippen LogP contribution is -2.43. The molecule has 0 fully saturated rings. The summed E-state index contributed by atoms with van der Waals surface area (Å²) in [5.41, 5.74) is -0.625. The van der Waals surface area contributed by atoms with Crippen LogP contribution < -0.4 is 0 Å². The molecule has 29 heavy (non-hydrogen) atoms. The maximum atomic E-state index is 12.9. The predicted molar refractivity (Wildman–Crippen MR) is 110 cm³/mol. The van der Waals surface area contributed by atoms with Gasteiger partial charge in [0, 0.05) is 0 Å².